The lowest BCUT2D eigenvalue weighted by atomic mass is 10.1. The summed E-state index contributed by atoms with van der Waals surface area (Å²) in [5.41, 5.74) is 3.02. The number of rotatable bonds is 3. The smallest absolute Gasteiger partial charge is 0.204 e. The molecule has 5 nitrogen and oxygen atoms in total. The lowest BCUT2D eigenvalue weighted by molar-refractivity contribution is 0.574. The van der Waals surface area contributed by atoms with E-state index in [1.54, 1.807) is 11.0 Å². The summed E-state index contributed by atoms with van der Waals surface area (Å²) < 4.78 is 0. The van der Waals surface area contributed by atoms with Crippen LogP contribution in [0.2, 0.25) is 0 Å². The Morgan fingerprint density at radius 1 is 0.864 bits per heavy atom. The Hall–Kier alpha value is -3.08. The predicted molar refractivity (Wildman–Crippen MR) is 84.1 cm³/mol. The third-order valence-corrected chi connectivity index (χ3v) is 3.51. The molecule has 5 heteroatoms. The summed E-state index contributed by atoms with van der Waals surface area (Å²) >= 11 is 0. The van der Waals surface area contributed by atoms with Gasteiger partial charge in [0.15, 0.2) is 0 Å². The number of pyridine rings is 1. The van der Waals surface area contributed by atoms with E-state index in [1.807, 2.05) is 48.5 Å². The van der Waals surface area contributed by atoms with Crippen LogP contribution in [0.1, 0.15) is 5.56 Å². The highest BCUT2D eigenvalue weighted by atomic mass is 15.6. The third kappa shape index (κ3) is 2.33. The first kappa shape index (κ1) is 12.6. The van der Waals surface area contributed by atoms with Gasteiger partial charge in [-0.2, -0.15) is 4.80 Å². The molecular formula is C17H13N5. The van der Waals surface area contributed by atoms with E-state index in [9.17, 15) is 0 Å². The summed E-state index contributed by atoms with van der Waals surface area (Å²) in [6.07, 6.45) is 1.80. The van der Waals surface area contributed by atoms with E-state index >= 15 is 0 Å². The molecule has 0 saturated carbocycles. The van der Waals surface area contributed by atoms with Gasteiger partial charge in [-0.25, -0.2) is 0 Å². The van der Waals surface area contributed by atoms with Crippen LogP contribution >= 0.6 is 0 Å². The maximum Gasteiger partial charge on any atom is 0.204 e. The van der Waals surface area contributed by atoms with E-state index in [1.165, 1.54) is 0 Å². The average molecular weight is 287 g/mol. The van der Waals surface area contributed by atoms with Crippen LogP contribution in [-0.2, 0) is 6.54 Å². The maximum absolute atomic E-state index is 4.45. The van der Waals surface area contributed by atoms with Gasteiger partial charge in [0.05, 0.1) is 12.1 Å². The summed E-state index contributed by atoms with van der Waals surface area (Å²) in [4.78, 5) is 6.06. The van der Waals surface area contributed by atoms with Crippen molar-refractivity contribution in [2.45, 2.75) is 6.54 Å². The number of fused-ring (bicyclic) bond motifs is 1. The second-order valence-corrected chi connectivity index (χ2v) is 5.00. The number of hydrogen-bond donors (Lipinski definition) is 0. The fourth-order valence-electron chi connectivity index (χ4n) is 2.46. The molecule has 0 aliphatic carbocycles. The van der Waals surface area contributed by atoms with Crippen molar-refractivity contribution in [2.75, 3.05) is 0 Å². The van der Waals surface area contributed by atoms with Gasteiger partial charge in [-0.15, -0.1) is 10.2 Å². The monoisotopic (exact) mass is 287 g/mol. The molecule has 2 aromatic heterocycles. The molecule has 0 amide bonds. The highest BCUT2D eigenvalue weighted by Gasteiger charge is 2.08. The van der Waals surface area contributed by atoms with Gasteiger partial charge < -0.3 is 0 Å². The summed E-state index contributed by atoms with van der Waals surface area (Å²) in [7, 11) is 0. The number of para-hydroxylation sites is 1. The number of aromatic nitrogens is 5. The molecule has 0 aliphatic heterocycles. The third-order valence-electron chi connectivity index (χ3n) is 3.51. The van der Waals surface area contributed by atoms with Crippen LogP contribution in [0.15, 0.2) is 66.9 Å². The SMILES string of the molecule is c1ccc(-c2nnn(Cc3cccc4cccnc34)n2)cc1. The molecule has 0 radical (unpaired) electrons. The average Bonchev–Trinajstić information content (AvgIpc) is 3.05. The van der Waals surface area contributed by atoms with Gasteiger partial charge in [0.25, 0.3) is 0 Å². The molecule has 0 spiro atoms. The first-order chi connectivity index (χ1) is 10.9. The second-order valence-electron chi connectivity index (χ2n) is 5.00. The highest BCUT2D eigenvalue weighted by Crippen LogP contribution is 2.17. The molecule has 0 atom stereocenters. The molecule has 22 heavy (non-hydrogen) atoms. The molecule has 2 heterocycles. The van der Waals surface area contributed by atoms with Crippen LogP contribution in [-0.4, -0.2) is 25.2 Å². The number of tetrazole rings is 1. The van der Waals surface area contributed by atoms with Crippen molar-refractivity contribution in [1.82, 2.24) is 25.2 Å². The molecule has 0 bridgehead atoms. The number of nitrogens with zero attached hydrogens (tertiary/aromatic N) is 5. The van der Waals surface area contributed by atoms with Crippen LogP contribution in [0.25, 0.3) is 22.3 Å². The van der Waals surface area contributed by atoms with Gasteiger partial charge in [-0.3, -0.25) is 4.98 Å². The Morgan fingerprint density at radius 2 is 1.73 bits per heavy atom. The Balaban J connectivity index is 1.68. The minimum atomic E-state index is 0.550. The van der Waals surface area contributed by atoms with Gasteiger partial charge in [-0.05, 0) is 11.3 Å². The Bertz CT molecular complexity index is 909. The zero-order valence-corrected chi connectivity index (χ0v) is 11.8. The van der Waals surface area contributed by atoms with Gasteiger partial charge in [0, 0.05) is 22.7 Å². The number of hydrogen-bond acceptors (Lipinski definition) is 4. The van der Waals surface area contributed by atoms with Crippen molar-refractivity contribution in [1.29, 1.82) is 0 Å². The molecule has 106 valence electrons. The molecular weight excluding hydrogens is 274 g/mol. The van der Waals surface area contributed by atoms with E-state index in [0.29, 0.717) is 12.4 Å². The van der Waals surface area contributed by atoms with E-state index in [2.05, 4.69) is 32.5 Å². The van der Waals surface area contributed by atoms with Crippen molar-refractivity contribution in [2.24, 2.45) is 0 Å². The van der Waals surface area contributed by atoms with E-state index in [-0.39, 0.29) is 0 Å². The fraction of sp³-hybridized carbons (Fsp3) is 0.0588. The molecule has 0 unspecified atom stereocenters. The van der Waals surface area contributed by atoms with Gasteiger partial charge in [0.2, 0.25) is 5.82 Å². The van der Waals surface area contributed by atoms with E-state index in [4.69, 9.17) is 0 Å². The first-order valence-corrected chi connectivity index (χ1v) is 7.06. The standard InChI is InChI=1S/C17H13N5/c1-2-6-14(7-3-1)17-19-21-22(20-17)12-15-9-4-8-13-10-5-11-18-16(13)15/h1-11H,12H2. The van der Waals surface area contributed by atoms with E-state index in [0.717, 1.165) is 22.0 Å². The zero-order valence-electron chi connectivity index (χ0n) is 11.8. The molecule has 2 aromatic carbocycles. The topological polar surface area (TPSA) is 56.5 Å². The van der Waals surface area contributed by atoms with Crippen molar-refractivity contribution >= 4 is 10.9 Å². The molecule has 0 aliphatic rings. The lowest BCUT2D eigenvalue weighted by Gasteiger charge is -2.04. The predicted octanol–water partition coefficient (Wildman–Crippen LogP) is 2.94. The quantitative estimate of drug-likeness (QED) is 0.581. The van der Waals surface area contributed by atoms with Crippen molar-refractivity contribution in [3.8, 4) is 11.4 Å². The number of benzene rings is 2. The summed E-state index contributed by atoms with van der Waals surface area (Å²) in [6, 6.07) is 19.9. The second kappa shape index (κ2) is 5.37. The van der Waals surface area contributed by atoms with E-state index < -0.39 is 0 Å². The van der Waals surface area contributed by atoms with Gasteiger partial charge in [-0.1, -0.05) is 54.6 Å². The highest BCUT2D eigenvalue weighted by molar-refractivity contribution is 5.81. The van der Waals surface area contributed by atoms with Crippen LogP contribution in [0.3, 0.4) is 0 Å². The molecule has 0 fully saturated rings. The Kier molecular flexibility index (Phi) is 3.08. The van der Waals surface area contributed by atoms with Gasteiger partial charge in [0.1, 0.15) is 0 Å². The van der Waals surface area contributed by atoms with Crippen LogP contribution in [0.5, 0.6) is 0 Å². The fourth-order valence-corrected chi connectivity index (χ4v) is 2.46. The van der Waals surface area contributed by atoms with Crippen LogP contribution in [0.4, 0.5) is 0 Å². The normalized spacial score (nSPS) is 10.9. The molecule has 4 rings (SSSR count). The van der Waals surface area contributed by atoms with Gasteiger partial charge >= 0.3 is 0 Å². The van der Waals surface area contributed by atoms with Crippen molar-refractivity contribution < 1.29 is 0 Å². The van der Waals surface area contributed by atoms with Crippen LogP contribution in [0, 0.1) is 0 Å². The zero-order chi connectivity index (χ0) is 14.8. The molecule has 4 aromatic rings. The minimum absolute atomic E-state index is 0.550. The Labute approximate surface area is 127 Å². The van der Waals surface area contributed by atoms with Crippen LogP contribution < -0.4 is 0 Å². The molecule has 0 N–H and O–H groups in total. The summed E-state index contributed by atoms with van der Waals surface area (Å²) in [5, 5.41) is 13.8. The lowest BCUT2D eigenvalue weighted by Crippen LogP contribution is -2.05. The summed E-state index contributed by atoms with van der Waals surface area (Å²) in [5.74, 6) is 0.633. The maximum atomic E-state index is 4.45. The largest absolute Gasteiger partial charge is 0.256 e. The van der Waals surface area contributed by atoms with Crippen molar-refractivity contribution in [3.63, 3.8) is 0 Å². The van der Waals surface area contributed by atoms with Crippen molar-refractivity contribution in [3.05, 3.63) is 72.4 Å². The first-order valence-electron chi connectivity index (χ1n) is 7.06. The minimum Gasteiger partial charge on any atom is -0.256 e. The Morgan fingerprint density at radius 3 is 2.64 bits per heavy atom. The molecule has 0 saturated heterocycles. The summed E-state index contributed by atoms with van der Waals surface area (Å²) in [6.45, 7) is 0.550.